The lowest BCUT2D eigenvalue weighted by atomic mass is 10.0. The fourth-order valence-electron chi connectivity index (χ4n) is 3.16. The molecular weight excluding hydrogens is 268 g/mol. The molecule has 112 valence electrons. The van der Waals surface area contributed by atoms with Gasteiger partial charge in [-0.3, -0.25) is 0 Å². The molecule has 1 fully saturated rings. The third-order valence-electron chi connectivity index (χ3n) is 4.30. The van der Waals surface area contributed by atoms with Crippen molar-refractivity contribution in [2.75, 3.05) is 18.0 Å². The van der Waals surface area contributed by atoms with Crippen LogP contribution in [0.1, 0.15) is 51.5 Å². The summed E-state index contributed by atoms with van der Waals surface area (Å²) >= 11 is 6.45. The topological polar surface area (TPSA) is 15.3 Å². The average Bonchev–Trinajstić information content (AvgIpc) is 2.70. The molecular formula is C17H27ClN2. The zero-order valence-corrected chi connectivity index (χ0v) is 13.5. The van der Waals surface area contributed by atoms with Crippen LogP contribution in [0.25, 0.3) is 0 Å². The first-order valence-electron chi connectivity index (χ1n) is 8.02. The monoisotopic (exact) mass is 294 g/mol. The number of hydrogen-bond donors (Lipinski definition) is 1. The second-order valence-electron chi connectivity index (χ2n) is 5.62. The van der Waals surface area contributed by atoms with E-state index in [1.54, 1.807) is 0 Å². The number of rotatable bonds is 5. The smallest absolute Gasteiger partial charge is 0.0471 e. The maximum Gasteiger partial charge on any atom is 0.0471 e. The van der Waals surface area contributed by atoms with E-state index in [1.807, 2.05) is 6.07 Å². The highest BCUT2D eigenvalue weighted by molar-refractivity contribution is 6.31. The van der Waals surface area contributed by atoms with E-state index in [-0.39, 0.29) is 0 Å². The Kier molecular flexibility index (Phi) is 6.18. The summed E-state index contributed by atoms with van der Waals surface area (Å²) in [6.07, 6.45) is 6.54. The van der Waals surface area contributed by atoms with Crippen LogP contribution in [0, 0.1) is 0 Å². The van der Waals surface area contributed by atoms with Crippen molar-refractivity contribution in [3.63, 3.8) is 0 Å². The molecule has 0 bridgehead atoms. The minimum absolute atomic E-state index is 0.663. The van der Waals surface area contributed by atoms with Crippen molar-refractivity contribution in [3.8, 4) is 0 Å². The fourth-order valence-corrected chi connectivity index (χ4v) is 3.40. The third-order valence-corrected chi connectivity index (χ3v) is 4.66. The Balaban J connectivity index is 2.30. The van der Waals surface area contributed by atoms with E-state index in [4.69, 9.17) is 11.6 Å². The number of anilines is 1. The summed E-state index contributed by atoms with van der Waals surface area (Å²) in [5.41, 5.74) is 2.60. The second kappa shape index (κ2) is 7.90. The lowest BCUT2D eigenvalue weighted by Crippen LogP contribution is -2.35. The molecule has 1 saturated heterocycles. The summed E-state index contributed by atoms with van der Waals surface area (Å²) in [6.45, 7) is 7.44. The predicted molar refractivity (Wildman–Crippen MR) is 88.7 cm³/mol. The minimum Gasteiger partial charge on any atom is -0.368 e. The Labute approximate surface area is 128 Å². The van der Waals surface area contributed by atoms with Gasteiger partial charge in [0.25, 0.3) is 0 Å². The van der Waals surface area contributed by atoms with Crippen LogP contribution in [0.2, 0.25) is 5.02 Å². The van der Waals surface area contributed by atoms with E-state index >= 15 is 0 Å². The van der Waals surface area contributed by atoms with Gasteiger partial charge in [0.05, 0.1) is 0 Å². The van der Waals surface area contributed by atoms with Gasteiger partial charge in [0.2, 0.25) is 0 Å². The SMILES string of the molecule is CCNCc1c(Cl)cccc1N1CCCCCC1CC. The largest absolute Gasteiger partial charge is 0.368 e. The maximum absolute atomic E-state index is 6.45. The Bertz CT molecular complexity index is 419. The Hall–Kier alpha value is -0.730. The van der Waals surface area contributed by atoms with Crippen LogP contribution < -0.4 is 10.2 Å². The number of nitrogens with one attached hydrogen (secondary N) is 1. The quantitative estimate of drug-likeness (QED) is 0.853. The van der Waals surface area contributed by atoms with E-state index in [9.17, 15) is 0 Å². The van der Waals surface area contributed by atoms with Gasteiger partial charge < -0.3 is 10.2 Å². The van der Waals surface area contributed by atoms with Gasteiger partial charge in [-0.25, -0.2) is 0 Å². The van der Waals surface area contributed by atoms with Crippen LogP contribution in [0.5, 0.6) is 0 Å². The molecule has 1 aromatic rings. The van der Waals surface area contributed by atoms with Crippen LogP contribution in [-0.4, -0.2) is 19.1 Å². The number of nitrogens with zero attached hydrogens (tertiary/aromatic N) is 1. The van der Waals surface area contributed by atoms with Gasteiger partial charge in [0, 0.05) is 35.4 Å². The maximum atomic E-state index is 6.45. The molecule has 0 aliphatic carbocycles. The molecule has 0 spiro atoms. The van der Waals surface area contributed by atoms with E-state index in [0.717, 1.165) is 24.7 Å². The van der Waals surface area contributed by atoms with Gasteiger partial charge in [-0.15, -0.1) is 0 Å². The van der Waals surface area contributed by atoms with Crippen LogP contribution in [-0.2, 0) is 6.54 Å². The van der Waals surface area contributed by atoms with E-state index < -0.39 is 0 Å². The summed E-state index contributed by atoms with van der Waals surface area (Å²) in [6, 6.07) is 7.00. The molecule has 0 amide bonds. The van der Waals surface area contributed by atoms with Crippen molar-refractivity contribution in [3.05, 3.63) is 28.8 Å². The normalized spacial score (nSPS) is 19.9. The van der Waals surface area contributed by atoms with Gasteiger partial charge in [-0.1, -0.05) is 44.4 Å². The molecule has 1 unspecified atom stereocenters. The molecule has 1 heterocycles. The van der Waals surface area contributed by atoms with Crippen LogP contribution in [0.4, 0.5) is 5.69 Å². The van der Waals surface area contributed by atoms with Gasteiger partial charge >= 0.3 is 0 Å². The molecule has 2 rings (SSSR count). The number of hydrogen-bond acceptors (Lipinski definition) is 2. The second-order valence-corrected chi connectivity index (χ2v) is 6.03. The Morgan fingerprint density at radius 3 is 2.85 bits per heavy atom. The van der Waals surface area contributed by atoms with Crippen molar-refractivity contribution in [2.45, 2.75) is 58.5 Å². The van der Waals surface area contributed by atoms with Gasteiger partial charge in [-0.05, 0) is 37.9 Å². The van der Waals surface area contributed by atoms with E-state index in [0.29, 0.717) is 6.04 Å². The Morgan fingerprint density at radius 1 is 1.25 bits per heavy atom. The first-order valence-corrected chi connectivity index (χ1v) is 8.40. The lowest BCUT2D eigenvalue weighted by molar-refractivity contribution is 0.554. The lowest BCUT2D eigenvalue weighted by Gasteiger charge is -2.33. The highest BCUT2D eigenvalue weighted by Crippen LogP contribution is 2.32. The van der Waals surface area contributed by atoms with Gasteiger partial charge in [0.15, 0.2) is 0 Å². The zero-order valence-electron chi connectivity index (χ0n) is 12.8. The summed E-state index contributed by atoms with van der Waals surface area (Å²) in [5, 5.41) is 4.31. The summed E-state index contributed by atoms with van der Waals surface area (Å²) in [4.78, 5) is 2.60. The highest BCUT2D eigenvalue weighted by Gasteiger charge is 2.22. The van der Waals surface area contributed by atoms with Gasteiger partial charge in [-0.2, -0.15) is 0 Å². The summed E-state index contributed by atoms with van der Waals surface area (Å²) < 4.78 is 0. The minimum atomic E-state index is 0.663. The molecule has 20 heavy (non-hydrogen) atoms. The molecule has 0 saturated carbocycles. The van der Waals surface area contributed by atoms with Crippen molar-refractivity contribution in [1.29, 1.82) is 0 Å². The first kappa shape index (κ1) is 15.7. The van der Waals surface area contributed by atoms with Crippen LogP contribution in [0.3, 0.4) is 0 Å². The average molecular weight is 295 g/mol. The zero-order chi connectivity index (χ0) is 14.4. The molecule has 0 radical (unpaired) electrons. The predicted octanol–water partition coefficient (Wildman–Crippen LogP) is 4.61. The number of halogens is 1. The number of benzene rings is 1. The van der Waals surface area contributed by atoms with Crippen LogP contribution in [0.15, 0.2) is 18.2 Å². The summed E-state index contributed by atoms with van der Waals surface area (Å²) in [7, 11) is 0. The van der Waals surface area contributed by atoms with Crippen molar-refractivity contribution in [1.82, 2.24) is 5.32 Å². The molecule has 1 aliphatic rings. The molecule has 1 aromatic carbocycles. The molecule has 1 N–H and O–H groups in total. The molecule has 1 atom stereocenters. The molecule has 1 aliphatic heterocycles. The standard InChI is InChI=1S/C17H27ClN2/c1-3-14-9-6-5-7-12-20(14)17-11-8-10-16(18)15(17)13-19-4-2/h8,10-11,14,19H,3-7,9,12-13H2,1-2H3. The van der Waals surface area contributed by atoms with E-state index in [2.05, 4.69) is 36.2 Å². The Morgan fingerprint density at radius 2 is 2.10 bits per heavy atom. The summed E-state index contributed by atoms with van der Waals surface area (Å²) in [5.74, 6) is 0. The molecule has 2 nitrogen and oxygen atoms in total. The van der Waals surface area contributed by atoms with Gasteiger partial charge in [0.1, 0.15) is 0 Å². The van der Waals surface area contributed by atoms with E-state index in [1.165, 1.54) is 43.4 Å². The molecule has 0 aromatic heterocycles. The van der Waals surface area contributed by atoms with Crippen molar-refractivity contribution < 1.29 is 0 Å². The van der Waals surface area contributed by atoms with Crippen molar-refractivity contribution >= 4 is 17.3 Å². The fraction of sp³-hybridized carbons (Fsp3) is 0.647. The molecule has 3 heteroatoms. The van der Waals surface area contributed by atoms with Crippen LogP contribution >= 0.6 is 11.6 Å². The third kappa shape index (κ3) is 3.67. The van der Waals surface area contributed by atoms with Crippen molar-refractivity contribution in [2.24, 2.45) is 0 Å². The first-order chi connectivity index (χ1) is 9.77. The highest BCUT2D eigenvalue weighted by atomic mass is 35.5.